The van der Waals surface area contributed by atoms with E-state index < -0.39 is 0 Å². The molecule has 0 amide bonds. The van der Waals surface area contributed by atoms with E-state index in [1.54, 1.807) is 0 Å². The predicted octanol–water partition coefficient (Wildman–Crippen LogP) is 4.80. The van der Waals surface area contributed by atoms with Crippen molar-refractivity contribution in [2.24, 2.45) is 11.7 Å². The van der Waals surface area contributed by atoms with Gasteiger partial charge in [0.25, 0.3) is 0 Å². The van der Waals surface area contributed by atoms with Crippen LogP contribution in [0.1, 0.15) is 56.9 Å². The number of rotatable bonds is 6. The number of hydrogen-bond acceptors (Lipinski definition) is 3. The molecule has 0 bridgehead atoms. The van der Waals surface area contributed by atoms with Crippen LogP contribution in [0.3, 0.4) is 0 Å². The topological polar surface area (TPSA) is 29.3 Å². The van der Waals surface area contributed by atoms with E-state index in [2.05, 4.69) is 46.8 Å². The van der Waals surface area contributed by atoms with Crippen LogP contribution in [0, 0.1) is 5.92 Å². The first kappa shape index (κ1) is 16.5. The number of nitrogens with two attached hydrogens (primary N) is 1. The lowest BCUT2D eigenvalue weighted by molar-refractivity contribution is 0.113. The Morgan fingerprint density at radius 3 is 2.55 bits per heavy atom. The minimum Gasteiger partial charge on any atom is -0.326 e. The van der Waals surface area contributed by atoms with Crippen LogP contribution in [-0.2, 0) is 0 Å². The third-order valence-electron chi connectivity index (χ3n) is 4.50. The fourth-order valence-corrected chi connectivity index (χ4v) is 4.94. The molecule has 2 unspecified atom stereocenters. The zero-order chi connectivity index (χ0) is 14.5. The summed E-state index contributed by atoms with van der Waals surface area (Å²) in [4.78, 5) is 4.04. The molecule has 1 aliphatic heterocycles. The Morgan fingerprint density at radius 1 is 1.35 bits per heavy atom. The zero-order valence-corrected chi connectivity index (χ0v) is 15.0. The number of nitrogens with zero attached hydrogens (tertiary/aromatic N) is 1. The lowest BCUT2D eigenvalue weighted by Crippen LogP contribution is -2.44. The van der Waals surface area contributed by atoms with E-state index in [4.69, 9.17) is 5.73 Å². The van der Waals surface area contributed by atoms with Gasteiger partial charge in [0.1, 0.15) is 0 Å². The molecule has 1 saturated heterocycles. The molecule has 1 aliphatic rings. The summed E-state index contributed by atoms with van der Waals surface area (Å²) < 4.78 is 1.21. The van der Waals surface area contributed by atoms with Crippen LogP contribution in [0.5, 0.6) is 0 Å². The summed E-state index contributed by atoms with van der Waals surface area (Å²) >= 11 is 5.42. The Labute approximate surface area is 135 Å². The Kier molecular flexibility index (Phi) is 6.53. The summed E-state index contributed by atoms with van der Waals surface area (Å²) in [7, 11) is 0. The first-order valence-corrected chi connectivity index (χ1v) is 9.51. The molecule has 2 rings (SSSR count). The number of hydrogen-bond donors (Lipinski definition) is 1. The van der Waals surface area contributed by atoms with Gasteiger partial charge in [0, 0.05) is 10.9 Å². The molecule has 0 radical (unpaired) electrons. The molecule has 1 fully saturated rings. The number of thiophene rings is 1. The van der Waals surface area contributed by atoms with Crippen molar-refractivity contribution in [3.63, 3.8) is 0 Å². The second-order valence-corrected chi connectivity index (χ2v) is 8.42. The van der Waals surface area contributed by atoms with Crippen LogP contribution in [0.2, 0.25) is 0 Å². The molecule has 20 heavy (non-hydrogen) atoms. The van der Waals surface area contributed by atoms with Crippen molar-refractivity contribution in [1.29, 1.82) is 0 Å². The Hall–Kier alpha value is 0.1000. The van der Waals surface area contributed by atoms with Gasteiger partial charge in [-0.3, -0.25) is 4.90 Å². The summed E-state index contributed by atoms with van der Waals surface area (Å²) in [5.41, 5.74) is 6.43. The van der Waals surface area contributed by atoms with Gasteiger partial charge in [-0.25, -0.2) is 0 Å². The maximum Gasteiger partial charge on any atom is 0.0702 e. The zero-order valence-electron chi connectivity index (χ0n) is 12.6. The third-order valence-corrected chi connectivity index (χ3v) is 6.20. The van der Waals surface area contributed by atoms with E-state index in [1.807, 2.05) is 11.3 Å². The molecule has 114 valence electrons. The average Bonchev–Trinajstić information content (AvgIpc) is 2.87. The molecule has 1 aromatic rings. The highest BCUT2D eigenvalue weighted by Crippen LogP contribution is 2.36. The van der Waals surface area contributed by atoms with Crippen LogP contribution in [0.4, 0.5) is 0 Å². The molecule has 4 heteroatoms. The van der Waals surface area contributed by atoms with Crippen LogP contribution in [-0.4, -0.2) is 24.0 Å². The largest absolute Gasteiger partial charge is 0.326 e. The van der Waals surface area contributed by atoms with Gasteiger partial charge in [0.15, 0.2) is 0 Å². The van der Waals surface area contributed by atoms with E-state index in [-0.39, 0.29) is 6.04 Å². The number of piperidine rings is 1. The molecular weight excluding hydrogens is 332 g/mol. The average molecular weight is 359 g/mol. The molecule has 2 N–H and O–H groups in total. The monoisotopic (exact) mass is 358 g/mol. The SMILES string of the molecule is CCCC1CCN(C(c2ccc(Br)s2)C(N)CC)CC1. The van der Waals surface area contributed by atoms with E-state index in [0.717, 1.165) is 12.3 Å². The smallest absolute Gasteiger partial charge is 0.0702 e. The lowest BCUT2D eigenvalue weighted by Gasteiger charge is -2.39. The number of halogens is 1. The van der Waals surface area contributed by atoms with Crippen molar-refractivity contribution in [2.75, 3.05) is 13.1 Å². The summed E-state index contributed by atoms with van der Waals surface area (Å²) in [6.07, 6.45) is 6.43. The van der Waals surface area contributed by atoms with Gasteiger partial charge < -0.3 is 5.73 Å². The second-order valence-electron chi connectivity index (χ2n) is 5.93. The highest BCUT2D eigenvalue weighted by atomic mass is 79.9. The third kappa shape index (κ3) is 4.06. The predicted molar refractivity (Wildman–Crippen MR) is 92.2 cm³/mol. The molecule has 2 atom stereocenters. The van der Waals surface area contributed by atoms with Crippen LogP contribution >= 0.6 is 27.3 Å². The molecule has 2 heterocycles. The first-order valence-electron chi connectivity index (χ1n) is 7.90. The van der Waals surface area contributed by atoms with Crippen LogP contribution in [0.15, 0.2) is 15.9 Å². The standard InChI is InChI=1S/C16H27BrN2S/c1-3-5-12-8-10-19(11-9-12)16(13(18)4-2)14-6-7-15(17)20-14/h6-7,12-13,16H,3-5,8-11,18H2,1-2H3. The van der Waals surface area contributed by atoms with E-state index in [9.17, 15) is 0 Å². The van der Waals surface area contributed by atoms with E-state index >= 15 is 0 Å². The fourth-order valence-electron chi connectivity index (χ4n) is 3.30. The van der Waals surface area contributed by atoms with Gasteiger partial charge >= 0.3 is 0 Å². The Bertz CT molecular complexity index is 399. The van der Waals surface area contributed by atoms with Gasteiger partial charge in [0.05, 0.1) is 9.83 Å². The van der Waals surface area contributed by atoms with Crippen molar-refractivity contribution >= 4 is 27.3 Å². The van der Waals surface area contributed by atoms with E-state index in [1.165, 1.54) is 47.4 Å². The van der Waals surface area contributed by atoms with Gasteiger partial charge in [-0.15, -0.1) is 11.3 Å². The highest BCUT2D eigenvalue weighted by Gasteiger charge is 2.30. The van der Waals surface area contributed by atoms with Crippen molar-refractivity contribution < 1.29 is 0 Å². The molecule has 0 spiro atoms. The van der Waals surface area contributed by atoms with Crippen molar-refractivity contribution in [2.45, 2.75) is 58.0 Å². The normalized spacial score (nSPS) is 21.0. The molecule has 1 aromatic heterocycles. The van der Waals surface area contributed by atoms with Gasteiger partial charge in [-0.2, -0.15) is 0 Å². The minimum atomic E-state index is 0.239. The molecule has 0 aromatic carbocycles. The van der Waals surface area contributed by atoms with Gasteiger partial charge in [-0.05, 0) is 66.3 Å². The Morgan fingerprint density at radius 2 is 2.05 bits per heavy atom. The summed E-state index contributed by atoms with van der Waals surface area (Å²) in [6, 6.07) is 5.04. The van der Waals surface area contributed by atoms with Crippen LogP contribution < -0.4 is 5.73 Å². The lowest BCUT2D eigenvalue weighted by atomic mass is 9.90. The first-order chi connectivity index (χ1) is 9.65. The summed E-state index contributed by atoms with van der Waals surface area (Å²) in [6.45, 7) is 6.91. The molecule has 0 saturated carbocycles. The van der Waals surface area contributed by atoms with Gasteiger partial charge in [0.2, 0.25) is 0 Å². The molecule has 0 aliphatic carbocycles. The van der Waals surface area contributed by atoms with Crippen molar-refractivity contribution in [1.82, 2.24) is 4.90 Å². The molecule has 2 nitrogen and oxygen atoms in total. The van der Waals surface area contributed by atoms with Crippen molar-refractivity contribution in [3.05, 3.63) is 20.8 Å². The minimum absolute atomic E-state index is 0.239. The second kappa shape index (κ2) is 7.92. The number of likely N-dealkylation sites (tertiary alicyclic amines) is 1. The maximum absolute atomic E-state index is 6.43. The van der Waals surface area contributed by atoms with Gasteiger partial charge in [-0.1, -0.05) is 26.7 Å². The fraction of sp³-hybridized carbons (Fsp3) is 0.750. The Balaban J connectivity index is 2.05. The summed E-state index contributed by atoms with van der Waals surface area (Å²) in [5.74, 6) is 0.935. The van der Waals surface area contributed by atoms with Crippen molar-refractivity contribution in [3.8, 4) is 0 Å². The quantitative estimate of drug-likeness (QED) is 0.790. The molecular formula is C16H27BrN2S. The highest BCUT2D eigenvalue weighted by molar-refractivity contribution is 9.11. The summed E-state index contributed by atoms with van der Waals surface area (Å²) in [5, 5.41) is 0. The maximum atomic E-state index is 6.43. The van der Waals surface area contributed by atoms with E-state index in [0.29, 0.717) is 6.04 Å². The van der Waals surface area contributed by atoms with Crippen LogP contribution in [0.25, 0.3) is 0 Å².